The lowest BCUT2D eigenvalue weighted by Gasteiger charge is -2.43. The summed E-state index contributed by atoms with van der Waals surface area (Å²) in [5.41, 5.74) is 7.74. The molecule has 3 atom stereocenters. The van der Waals surface area contributed by atoms with E-state index in [1.165, 1.54) is 30.6 Å². The molecule has 2 aliphatic heterocycles. The van der Waals surface area contributed by atoms with E-state index >= 15 is 0 Å². The average Bonchev–Trinajstić information content (AvgIpc) is 3.20. The zero-order valence-corrected chi connectivity index (χ0v) is 20.6. The number of nitrogens with zero attached hydrogens (tertiary/aromatic N) is 4. The van der Waals surface area contributed by atoms with Gasteiger partial charge in [-0.2, -0.15) is 0 Å². The number of benzene rings is 1. The first-order chi connectivity index (χ1) is 16.3. The van der Waals surface area contributed by atoms with Gasteiger partial charge in [0.1, 0.15) is 17.7 Å². The molecule has 4 rings (SSSR count). The molecule has 1 fully saturated rings. The summed E-state index contributed by atoms with van der Waals surface area (Å²) in [7, 11) is 0. The molecule has 2 aliphatic rings. The SMILES string of the molecule is CCC1CC(Oc2cc(F)ccc2C(=O)N2CC(N)=C(c3ncc(Cl)cn3)C2)CC(C)N1CC. The Morgan fingerprint density at radius 3 is 2.65 bits per heavy atom. The van der Waals surface area contributed by atoms with Gasteiger partial charge in [-0.1, -0.05) is 25.4 Å². The quantitative estimate of drug-likeness (QED) is 0.659. The minimum absolute atomic E-state index is 0.0871. The Hall–Kier alpha value is -2.71. The summed E-state index contributed by atoms with van der Waals surface area (Å²) in [6, 6.07) is 4.83. The van der Waals surface area contributed by atoms with Crippen molar-refractivity contribution in [2.75, 3.05) is 19.6 Å². The second-order valence-electron chi connectivity index (χ2n) is 8.98. The number of nitrogens with two attached hydrogens (primary N) is 1. The highest BCUT2D eigenvalue weighted by atomic mass is 35.5. The zero-order chi connectivity index (χ0) is 24.4. The van der Waals surface area contributed by atoms with Gasteiger partial charge >= 0.3 is 0 Å². The molecule has 1 amide bonds. The van der Waals surface area contributed by atoms with Crippen molar-refractivity contribution in [1.82, 2.24) is 19.8 Å². The van der Waals surface area contributed by atoms with Crippen LogP contribution >= 0.6 is 11.6 Å². The Bertz CT molecular complexity index is 1080. The standard InChI is InChI=1S/C25H31ClFN5O2/c1-4-18-10-19(8-15(3)32(18)5-2)34-23-9-17(27)6-7-20(23)25(33)31-13-21(22(28)14-31)24-29-11-16(26)12-30-24/h6-7,9,11-12,15,18-19H,4-5,8,10,13-14,28H2,1-3H3. The number of hydrogen-bond acceptors (Lipinski definition) is 6. The average molecular weight is 488 g/mol. The largest absolute Gasteiger partial charge is 0.489 e. The number of ether oxygens (including phenoxy) is 1. The molecular weight excluding hydrogens is 457 g/mol. The van der Waals surface area contributed by atoms with E-state index in [1.807, 2.05) is 0 Å². The number of piperidine rings is 1. The van der Waals surface area contributed by atoms with Gasteiger partial charge in [-0.15, -0.1) is 0 Å². The van der Waals surface area contributed by atoms with Gasteiger partial charge in [-0.05, 0) is 44.9 Å². The van der Waals surface area contributed by atoms with Crippen LogP contribution in [0.3, 0.4) is 0 Å². The van der Waals surface area contributed by atoms with E-state index in [0.717, 1.165) is 25.8 Å². The van der Waals surface area contributed by atoms with Gasteiger partial charge in [-0.25, -0.2) is 14.4 Å². The Balaban J connectivity index is 1.52. The number of rotatable bonds is 6. The van der Waals surface area contributed by atoms with Gasteiger partial charge < -0.3 is 15.4 Å². The van der Waals surface area contributed by atoms with Crippen molar-refractivity contribution >= 4 is 23.1 Å². The van der Waals surface area contributed by atoms with E-state index in [1.54, 1.807) is 4.90 Å². The number of carbonyl (C=O) groups is 1. The molecule has 0 bridgehead atoms. The molecule has 9 heteroatoms. The third kappa shape index (κ3) is 5.03. The third-order valence-electron chi connectivity index (χ3n) is 6.75. The molecule has 0 saturated carbocycles. The minimum Gasteiger partial charge on any atom is -0.489 e. The number of halogens is 2. The molecule has 7 nitrogen and oxygen atoms in total. The van der Waals surface area contributed by atoms with E-state index in [-0.39, 0.29) is 30.9 Å². The lowest BCUT2D eigenvalue weighted by Crippen LogP contribution is -2.50. The maximum atomic E-state index is 14.2. The van der Waals surface area contributed by atoms with E-state index in [9.17, 15) is 9.18 Å². The number of aromatic nitrogens is 2. The smallest absolute Gasteiger partial charge is 0.258 e. The first kappa shape index (κ1) is 24.4. The summed E-state index contributed by atoms with van der Waals surface area (Å²) < 4.78 is 20.5. The van der Waals surface area contributed by atoms with Crippen molar-refractivity contribution in [1.29, 1.82) is 0 Å². The molecule has 0 spiro atoms. The van der Waals surface area contributed by atoms with E-state index < -0.39 is 5.82 Å². The highest BCUT2D eigenvalue weighted by molar-refractivity contribution is 6.30. The van der Waals surface area contributed by atoms with Crippen LogP contribution in [0.15, 0.2) is 36.3 Å². The molecular formula is C25H31ClFN5O2. The molecule has 1 aromatic carbocycles. The third-order valence-corrected chi connectivity index (χ3v) is 6.95. The van der Waals surface area contributed by atoms with Crippen LogP contribution < -0.4 is 10.5 Å². The van der Waals surface area contributed by atoms with Gasteiger partial charge in [0.2, 0.25) is 0 Å². The predicted octanol–water partition coefficient (Wildman–Crippen LogP) is 4.13. The van der Waals surface area contributed by atoms with Crippen molar-refractivity contribution in [3.05, 3.63) is 58.5 Å². The fourth-order valence-corrected chi connectivity index (χ4v) is 5.17. The summed E-state index contributed by atoms with van der Waals surface area (Å²) >= 11 is 5.88. The molecule has 3 heterocycles. The normalized spacial score (nSPS) is 23.4. The molecule has 182 valence electrons. The maximum absolute atomic E-state index is 14.2. The first-order valence-corrected chi connectivity index (χ1v) is 12.1. The zero-order valence-electron chi connectivity index (χ0n) is 19.8. The lowest BCUT2D eigenvalue weighted by molar-refractivity contribution is 0.0200. The van der Waals surface area contributed by atoms with Crippen LogP contribution in [0.2, 0.25) is 5.02 Å². The summed E-state index contributed by atoms with van der Waals surface area (Å²) in [5, 5.41) is 0.423. The Labute approximate surface area is 204 Å². The second kappa shape index (κ2) is 10.3. The molecule has 0 radical (unpaired) electrons. The summed E-state index contributed by atoms with van der Waals surface area (Å²) in [5.74, 6) is 0.00627. The second-order valence-corrected chi connectivity index (χ2v) is 9.42. The number of likely N-dealkylation sites (tertiary alicyclic amines) is 1. The van der Waals surface area contributed by atoms with Crippen molar-refractivity contribution < 1.29 is 13.9 Å². The maximum Gasteiger partial charge on any atom is 0.258 e. The highest BCUT2D eigenvalue weighted by Gasteiger charge is 2.34. The number of hydrogen-bond donors (Lipinski definition) is 1. The fourth-order valence-electron chi connectivity index (χ4n) is 5.07. The number of amides is 1. The van der Waals surface area contributed by atoms with Gasteiger partial charge in [0.25, 0.3) is 5.91 Å². The number of carbonyl (C=O) groups excluding carboxylic acids is 1. The molecule has 0 aliphatic carbocycles. The van der Waals surface area contributed by atoms with Gasteiger partial charge in [0.05, 0.1) is 23.7 Å². The fraction of sp³-hybridized carbons (Fsp3) is 0.480. The summed E-state index contributed by atoms with van der Waals surface area (Å²) in [6.07, 6.45) is 5.58. The molecule has 1 aromatic heterocycles. The van der Waals surface area contributed by atoms with Gasteiger partial charge in [0.15, 0.2) is 5.82 Å². The van der Waals surface area contributed by atoms with Gasteiger partial charge in [-0.3, -0.25) is 9.69 Å². The van der Waals surface area contributed by atoms with Crippen molar-refractivity contribution in [3.8, 4) is 5.75 Å². The summed E-state index contributed by atoms with van der Waals surface area (Å²) in [4.78, 5) is 26.0. The summed E-state index contributed by atoms with van der Waals surface area (Å²) in [6.45, 7) is 8.01. The Kier molecular flexibility index (Phi) is 7.38. The van der Waals surface area contributed by atoms with Crippen LogP contribution in [0.1, 0.15) is 56.2 Å². The van der Waals surface area contributed by atoms with Crippen molar-refractivity contribution in [2.24, 2.45) is 5.73 Å². The topological polar surface area (TPSA) is 84.6 Å². The Morgan fingerprint density at radius 1 is 1.24 bits per heavy atom. The van der Waals surface area contributed by atoms with E-state index in [2.05, 4.69) is 35.6 Å². The Morgan fingerprint density at radius 2 is 1.97 bits per heavy atom. The van der Waals surface area contributed by atoms with Crippen LogP contribution in [0.25, 0.3) is 5.57 Å². The molecule has 2 N–H and O–H groups in total. The van der Waals surface area contributed by atoms with Crippen LogP contribution in [0, 0.1) is 5.82 Å². The highest BCUT2D eigenvalue weighted by Crippen LogP contribution is 2.32. The van der Waals surface area contributed by atoms with Crippen LogP contribution in [-0.4, -0.2) is 63.5 Å². The molecule has 1 saturated heterocycles. The van der Waals surface area contributed by atoms with E-state index in [4.69, 9.17) is 22.1 Å². The molecule has 34 heavy (non-hydrogen) atoms. The lowest BCUT2D eigenvalue weighted by atomic mass is 9.92. The first-order valence-electron chi connectivity index (χ1n) is 11.8. The van der Waals surface area contributed by atoms with Gasteiger partial charge in [0, 0.05) is 41.8 Å². The predicted molar refractivity (Wildman–Crippen MR) is 130 cm³/mol. The van der Waals surface area contributed by atoms with Crippen molar-refractivity contribution in [3.63, 3.8) is 0 Å². The molecule has 3 unspecified atom stereocenters. The molecule has 2 aromatic rings. The van der Waals surface area contributed by atoms with Crippen LogP contribution in [0.5, 0.6) is 5.75 Å². The van der Waals surface area contributed by atoms with Crippen LogP contribution in [0.4, 0.5) is 4.39 Å². The van der Waals surface area contributed by atoms with E-state index in [0.29, 0.717) is 39.8 Å². The minimum atomic E-state index is -0.438. The van der Waals surface area contributed by atoms with Crippen LogP contribution in [-0.2, 0) is 0 Å². The van der Waals surface area contributed by atoms with Crippen molar-refractivity contribution in [2.45, 2.75) is 58.2 Å². The monoisotopic (exact) mass is 487 g/mol.